The van der Waals surface area contributed by atoms with Crippen molar-refractivity contribution >= 4 is 82.8 Å². The fraction of sp³-hybridized carbons (Fsp3) is 0.0714. The maximum absolute atomic E-state index is 11.9. The summed E-state index contributed by atoms with van der Waals surface area (Å²) in [4.78, 5) is 69.3. The largest absolute Gasteiger partial charge is 0.504 e. The Balaban J connectivity index is 0.000000185. The van der Waals surface area contributed by atoms with Crippen LogP contribution in [0.2, 0.25) is 0 Å². The summed E-state index contributed by atoms with van der Waals surface area (Å²) in [6.45, 7) is -1.11. The standard InChI is InChI=1S/C14H9BrN4O4S.C14H10N4O4S/c15-7-1-6(2-16-3-7)14-19-8-4-17-10(11(22)12(8)24-14)13(23)18-5-9(20)21;19-9(20)6-17-13(22)10-11(21)12-8(5-16-10)18-14(23-12)7-2-1-3-15-4-7/h1-4,22H,5H2,(H,18,23)(H,20,21);1-5,21H,6H2,(H,17,22)(H,19,20). The van der Waals surface area contributed by atoms with Gasteiger partial charge in [-0.3, -0.25) is 29.1 Å². The van der Waals surface area contributed by atoms with Crippen molar-refractivity contribution in [2.75, 3.05) is 13.1 Å². The fourth-order valence-corrected chi connectivity index (χ4v) is 6.14. The zero-order valence-corrected chi connectivity index (χ0v) is 26.6. The first-order chi connectivity index (χ1) is 22.5. The van der Waals surface area contributed by atoms with Crippen LogP contribution in [0.5, 0.6) is 11.5 Å². The molecule has 19 heteroatoms. The highest BCUT2D eigenvalue weighted by atomic mass is 79.9. The first-order valence-corrected chi connectivity index (χ1v) is 15.4. The van der Waals surface area contributed by atoms with Crippen LogP contribution >= 0.6 is 38.6 Å². The lowest BCUT2D eigenvalue weighted by molar-refractivity contribution is -0.136. The van der Waals surface area contributed by atoms with Gasteiger partial charge in [0.25, 0.3) is 11.8 Å². The number of hydrogen-bond donors (Lipinski definition) is 6. The Bertz CT molecular complexity index is 2160. The van der Waals surface area contributed by atoms with E-state index in [1.807, 2.05) is 12.1 Å². The van der Waals surface area contributed by atoms with Crippen LogP contribution in [0.25, 0.3) is 41.6 Å². The third-order valence-corrected chi connectivity index (χ3v) is 8.60. The molecule has 0 saturated carbocycles. The predicted octanol–water partition coefficient (Wildman–Crippen LogP) is 3.31. The maximum Gasteiger partial charge on any atom is 0.322 e. The van der Waals surface area contributed by atoms with Crippen LogP contribution in [0.3, 0.4) is 0 Å². The second kappa shape index (κ2) is 14.2. The number of halogens is 1. The van der Waals surface area contributed by atoms with E-state index in [0.717, 1.165) is 15.6 Å². The van der Waals surface area contributed by atoms with Crippen LogP contribution in [-0.2, 0) is 9.59 Å². The Hall–Kier alpha value is -5.66. The van der Waals surface area contributed by atoms with Crippen molar-refractivity contribution < 1.29 is 39.6 Å². The molecule has 0 bridgehead atoms. The smallest absolute Gasteiger partial charge is 0.322 e. The molecule has 0 aliphatic heterocycles. The topological polar surface area (TPSA) is 251 Å². The van der Waals surface area contributed by atoms with E-state index >= 15 is 0 Å². The van der Waals surface area contributed by atoms with Crippen molar-refractivity contribution in [3.05, 3.63) is 71.2 Å². The fourth-order valence-electron chi connectivity index (χ4n) is 3.84. The summed E-state index contributed by atoms with van der Waals surface area (Å²) < 4.78 is 1.58. The molecule has 2 amide bonds. The van der Waals surface area contributed by atoms with E-state index in [2.05, 4.69) is 56.5 Å². The number of carbonyl (C=O) groups excluding carboxylic acids is 2. The lowest BCUT2D eigenvalue weighted by Crippen LogP contribution is -2.29. The van der Waals surface area contributed by atoms with E-state index in [9.17, 15) is 29.4 Å². The van der Waals surface area contributed by atoms with Crippen molar-refractivity contribution in [1.29, 1.82) is 0 Å². The average Bonchev–Trinajstić information content (AvgIpc) is 3.70. The van der Waals surface area contributed by atoms with Gasteiger partial charge in [-0.2, -0.15) is 0 Å². The monoisotopic (exact) mass is 738 g/mol. The first-order valence-electron chi connectivity index (χ1n) is 13.0. The number of carboxylic acids is 2. The second-order valence-electron chi connectivity index (χ2n) is 9.16. The molecule has 0 radical (unpaired) electrons. The molecule has 0 spiro atoms. The summed E-state index contributed by atoms with van der Waals surface area (Å²) in [7, 11) is 0. The number of carboxylic acid groups (broad SMARTS) is 2. The summed E-state index contributed by atoms with van der Waals surface area (Å²) in [5.74, 6) is -4.55. The molecule has 6 N–H and O–H groups in total. The molecule has 0 unspecified atom stereocenters. The molecule has 0 aliphatic rings. The van der Waals surface area contributed by atoms with E-state index in [1.54, 1.807) is 30.9 Å². The second-order valence-corrected chi connectivity index (χ2v) is 12.1. The Morgan fingerprint density at radius 3 is 1.70 bits per heavy atom. The zero-order chi connectivity index (χ0) is 33.7. The molecule has 6 aromatic rings. The van der Waals surface area contributed by atoms with E-state index in [4.69, 9.17) is 10.2 Å². The molecule has 0 fully saturated rings. The van der Waals surface area contributed by atoms with E-state index < -0.39 is 36.8 Å². The number of amides is 2. The summed E-state index contributed by atoms with van der Waals surface area (Å²) in [6.07, 6.45) is 9.27. The van der Waals surface area contributed by atoms with Crippen molar-refractivity contribution in [2.24, 2.45) is 0 Å². The number of aliphatic carboxylic acids is 2. The number of thiazole rings is 2. The quantitative estimate of drug-likeness (QED) is 0.131. The molecule has 6 rings (SSSR count). The number of rotatable bonds is 8. The Morgan fingerprint density at radius 2 is 1.23 bits per heavy atom. The predicted molar refractivity (Wildman–Crippen MR) is 172 cm³/mol. The van der Waals surface area contributed by atoms with Crippen LogP contribution in [0.4, 0.5) is 0 Å². The van der Waals surface area contributed by atoms with Crippen LogP contribution in [0, 0.1) is 0 Å². The van der Waals surface area contributed by atoms with Crippen LogP contribution in [0.15, 0.2) is 59.9 Å². The molecule has 238 valence electrons. The average molecular weight is 740 g/mol. The first kappa shape index (κ1) is 32.7. The molecular weight excluding hydrogens is 720 g/mol. The number of carbonyl (C=O) groups is 4. The van der Waals surface area contributed by atoms with Gasteiger partial charge in [-0.05, 0) is 34.1 Å². The van der Waals surface area contributed by atoms with Gasteiger partial charge in [0.15, 0.2) is 22.9 Å². The lowest BCUT2D eigenvalue weighted by atomic mass is 10.3. The number of hydrogen-bond acceptors (Lipinski definition) is 14. The normalized spacial score (nSPS) is 10.7. The molecule has 0 aliphatic carbocycles. The van der Waals surface area contributed by atoms with E-state index in [-0.39, 0.29) is 22.9 Å². The highest BCUT2D eigenvalue weighted by Crippen LogP contribution is 2.37. The van der Waals surface area contributed by atoms with Crippen LogP contribution in [0.1, 0.15) is 21.0 Å². The molecular formula is C28H19BrN8O8S2. The van der Waals surface area contributed by atoms with Gasteiger partial charge in [-0.25, -0.2) is 19.9 Å². The van der Waals surface area contributed by atoms with Crippen LogP contribution < -0.4 is 10.6 Å². The molecule has 0 saturated heterocycles. The van der Waals surface area contributed by atoms with Crippen molar-refractivity contribution in [1.82, 2.24) is 40.5 Å². The third-order valence-electron chi connectivity index (χ3n) is 5.91. The molecule has 47 heavy (non-hydrogen) atoms. The number of aromatic nitrogens is 6. The molecule has 16 nitrogen and oxygen atoms in total. The number of fused-ring (bicyclic) bond motifs is 2. The molecule has 6 heterocycles. The summed E-state index contributed by atoms with van der Waals surface area (Å²) in [6, 6.07) is 5.43. The van der Waals surface area contributed by atoms with Gasteiger partial charge in [0.05, 0.1) is 12.4 Å². The summed E-state index contributed by atoms with van der Waals surface area (Å²) in [5.41, 5.74) is 1.93. The minimum absolute atomic E-state index is 0.236. The van der Waals surface area contributed by atoms with E-state index in [0.29, 0.717) is 30.4 Å². The molecule has 0 aromatic carbocycles. The van der Waals surface area contributed by atoms with E-state index in [1.165, 1.54) is 35.1 Å². The van der Waals surface area contributed by atoms with Crippen molar-refractivity contribution in [2.45, 2.75) is 0 Å². The third kappa shape index (κ3) is 7.60. The van der Waals surface area contributed by atoms with Gasteiger partial charge in [-0.15, -0.1) is 22.7 Å². The minimum Gasteiger partial charge on any atom is -0.504 e. The van der Waals surface area contributed by atoms with Crippen LogP contribution in [-0.4, -0.2) is 87.2 Å². The lowest BCUT2D eigenvalue weighted by Gasteiger charge is -2.03. The summed E-state index contributed by atoms with van der Waals surface area (Å²) >= 11 is 5.71. The SMILES string of the molecule is O=C(O)CNC(=O)c1ncc2nc(-c3cccnc3)sc2c1O.O=C(O)CNC(=O)c1ncc2nc(-c3cncc(Br)c3)sc2c1O. The van der Waals surface area contributed by atoms with Gasteiger partial charge >= 0.3 is 11.9 Å². The highest BCUT2D eigenvalue weighted by molar-refractivity contribution is 9.10. The minimum atomic E-state index is -1.19. The number of pyridine rings is 4. The Labute approximate surface area is 279 Å². The zero-order valence-electron chi connectivity index (χ0n) is 23.4. The Morgan fingerprint density at radius 1 is 0.723 bits per heavy atom. The maximum atomic E-state index is 11.9. The summed E-state index contributed by atoms with van der Waals surface area (Å²) in [5, 5.41) is 43.2. The van der Waals surface area contributed by atoms with Gasteiger partial charge < -0.3 is 31.1 Å². The molecule has 0 atom stereocenters. The highest BCUT2D eigenvalue weighted by Gasteiger charge is 2.21. The van der Waals surface area contributed by atoms with Gasteiger partial charge in [0, 0.05) is 40.4 Å². The van der Waals surface area contributed by atoms with Crippen molar-refractivity contribution in [3.8, 4) is 32.6 Å². The molecule has 6 aromatic heterocycles. The van der Waals surface area contributed by atoms with Crippen molar-refractivity contribution in [3.63, 3.8) is 0 Å². The Kier molecular flexibility index (Phi) is 9.88. The van der Waals surface area contributed by atoms with Gasteiger partial charge in [0.2, 0.25) is 0 Å². The number of nitrogens with zero attached hydrogens (tertiary/aromatic N) is 6. The van der Waals surface area contributed by atoms with Gasteiger partial charge in [0.1, 0.15) is 43.5 Å². The van der Waals surface area contributed by atoms with Gasteiger partial charge in [-0.1, -0.05) is 0 Å². The number of nitrogens with one attached hydrogen (secondary N) is 2. The number of aromatic hydroxyl groups is 2.